The van der Waals surface area contributed by atoms with E-state index >= 15 is 0 Å². The van der Waals surface area contributed by atoms with Gasteiger partial charge in [-0.05, 0) is 64.3 Å². The average Bonchev–Trinajstić information content (AvgIpc) is 2.43. The molecule has 1 rings (SSSR count). The van der Waals surface area contributed by atoms with Crippen molar-refractivity contribution in [3.05, 3.63) is 0 Å². The van der Waals surface area contributed by atoms with Crippen molar-refractivity contribution in [3.63, 3.8) is 0 Å². The smallest absolute Gasteiger partial charge is 0.00922 e. The molecule has 0 aromatic heterocycles. The fourth-order valence-corrected chi connectivity index (χ4v) is 3.04. The van der Waals surface area contributed by atoms with Gasteiger partial charge in [-0.2, -0.15) is 0 Å². The molecule has 3 N–H and O–H groups in total. The summed E-state index contributed by atoms with van der Waals surface area (Å²) in [6, 6.07) is 0.848. The van der Waals surface area contributed by atoms with Gasteiger partial charge in [0.25, 0.3) is 0 Å². The Morgan fingerprint density at radius 2 is 1.89 bits per heavy atom. The SMILES string of the molecule is CC(C)C(CN)CNCCCN(C)C1CCCCC1. The Kier molecular flexibility index (Phi) is 8.67. The highest BCUT2D eigenvalue weighted by atomic mass is 15.1. The second-order valence-electron chi connectivity index (χ2n) is 6.57. The molecular weight excluding hydrogens is 234 g/mol. The topological polar surface area (TPSA) is 41.3 Å². The van der Waals surface area contributed by atoms with Gasteiger partial charge in [-0.1, -0.05) is 33.1 Å². The van der Waals surface area contributed by atoms with E-state index in [0.717, 1.165) is 25.7 Å². The molecule has 1 fully saturated rings. The molecule has 0 amide bonds. The quantitative estimate of drug-likeness (QED) is 0.632. The Bertz CT molecular complexity index is 212. The standard InChI is InChI=1S/C16H35N3/c1-14(2)15(12-17)13-18-10-7-11-19(3)16-8-5-4-6-9-16/h14-16,18H,4-13,17H2,1-3H3. The lowest BCUT2D eigenvalue weighted by Crippen LogP contribution is -2.36. The van der Waals surface area contributed by atoms with Crippen LogP contribution in [0.4, 0.5) is 0 Å². The molecule has 1 atom stereocenters. The minimum Gasteiger partial charge on any atom is -0.330 e. The lowest BCUT2D eigenvalue weighted by atomic mass is 9.94. The molecule has 0 aromatic carbocycles. The van der Waals surface area contributed by atoms with Gasteiger partial charge < -0.3 is 16.0 Å². The molecule has 1 unspecified atom stereocenters. The Hall–Kier alpha value is -0.120. The van der Waals surface area contributed by atoms with Crippen LogP contribution in [0.2, 0.25) is 0 Å². The number of nitrogens with one attached hydrogen (secondary N) is 1. The zero-order valence-corrected chi connectivity index (χ0v) is 13.3. The number of nitrogens with zero attached hydrogens (tertiary/aromatic N) is 1. The van der Waals surface area contributed by atoms with Crippen LogP contribution in [0.25, 0.3) is 0 Å². The third kappa shape index (κ3) is 6.73. The van der Waals surface area contributed by atoms with E-state index in [-0.39, 0.29) is 0 Å². The second-order valence-corrected chi connectivity index (χ2v) is 6.57. The summed E-state index contributed by atoms with van der Waals surface area (Å²) in [5.41, 5.74) is 5.79. The van der Waals surface area contributed by atoms with Crippen molar-refractivity contribution in [2.24, 2.45) is 17.6 Å². The van der Waals surface area contributed by atoms with Crippen LogP contribution in [0.3, 0.4) is 0 Å². The van der Waals surface area contributed by atoms with Gasteiger partial charge in [0.05, 0.1) is 0 Å². The van der Waals surface area contributed by atoms with Crippen LogP contribution in [0.5, 0.6) is 0 Å². The van der Waals surface area contributed by atoms with Crippen LogP contribution in [0.1, 0.15) is 52.4 Å². The van der Waals surface area contributed by atoms with Crippen LogP contribution >= 0.6 is 0 Å². The summed E-state index contributed by atoms with van der Waals surface area (Å²) in [6.07, 6.45) is 8.38. The molecule has 0 aromatic rings. The van der Waals surface area contributed by atoms with Gasteiger partial charge in [0.15, 0.2) is 0 Å². The van der Waals surface area contributed by atoms with E-state index in [9.17, 15) is 0 Å². The number of rotatable bonds is 9. The van der Waals surface area contributed by atoms with Crippen molar-refractivity contribution < 1.29 is 0 Å². The van der Waals surface area contributed by atoms with Gasteiger partial charge in [-0.25, -0.2) is 0 Å². The number of nitrogens with two attached hydrogens (primary N) is 1. The van der Waals surface area contributed by atoms with Gasteiger partial charge >= 0.3 is 0 Å². The van der Waals surface area contributed by atoms with Crippen LogP contribution < -0.4 is 11.1 Å². The summed E-state index contributed by atoms with van der Waals surface area (Å²) < 4.78 is 0. The van der Waals surface area contributed by atoms with Crippen molar-refractivity contribution in [3.8, 4) is 0 Å². The Balaban J connectivity index is 2.03. The van der Waals surface area contributed by atoms with E-state index in [1.54, 1.807) is 0 Å². The van der Waals surface area contributed by atoms with Crippen LogP contribution in [0, 0.1) is 11.8 Å². The van der Waals surface area contributed by atoms with E-state index in [1.165, 1.54) is 45.1 Å². The highest BCUT2D eigenvalue weighted by Crippen LogP contribution is 2.21. The number of hydrogen-bond donors (Lipinski definition) is 2. The average molecular weight is 269 g/mol. The van der Waals surface area contributed by atoms with E-state index < -0.39 is 0 Å². The molecule has 0 bridgehead atoms. The van der Waals surface area contributed by atoms with E-state index in [2.05, 4.69) is 31.1 Å². The van der Waals surface area contributed by atoms with Gasteiger partial charge in [0, 0.05) is 6.04 Å². The Morgan fingerprint density at radius 3 is 2.47 bits per heavy atom. The lowest BCUT2D eigenvalue weighted by molar-refractivity contribution is 0.189. The summed E-state index contributed by atoms with van der Waals surface area (Å²) in [5, 5.41) is 3.57. The van der Waals surface area contributed by atoms with E-state index in [4.69, 9.17) is 5.73 Å². The molecule has 114 valence electrons. The van der Waals surface area contributed by atoms with Gasteiger partial charge in [-0.15, -0.1) is 0 Å². The molecule has 0 radical (unpaired) electrons. The van der Waals surface area contributed by atoms with Crippen LogP contribution in [-0.2, 0) is 0 Å². The summed E-state index contributed by atoms with van der Waals surface area (Å²) >= 11 is 0. The predicted octanol–water partition coefficient (Wildman–Crippen LogP) is 2.46. The zero-order chi connectivity index (χ0) is 14.1. The highest BCUT2D eigenvalue weighted by molar-refractivity contribution is 4.73. The molecule has 1 saturated carbocycles. The van der Waals surface area contributed by atoms with E-state index in [1.807, 2.05) is 0 Å². The fraction of sp³-hybridized carbons (Fsp3) is 1.00. The molecule has 0 saturated heterocycles. The Labute approximate surface area is 120 Å². The van der Waals surface area contributed by atoms with E-state index in [0.29, 0.717) is 11.8 Å². The Morgan fingerprint density at radius 1 is 1.21 bits per heavy atom. The first kappa shape index (κ1) is 16.9. The fourth-order valence-electron chi connectivity index (χ4n) is 3.04. The number of hydrogen-bond acceptors (Lipinski definition) is 3. The maximum atomic E-state index is 5.79. The summed E-state index contributed by atoms with van der Waals surface area (Å²) in [7, 11) is 2.30. The van der Waals surface area contributed by atoms with Crippen molar-refractivity contribution in [2.45, 2.75) is 58.4 Å². The zero-order valence-electron chi connectivity index (χ0n) is 13.3. The monoisotopic (exact) mass is 269 g/mol. The van der Waals surface area contributed by atoms with Gasteiger partial charge in [-0.3, -0.25) is 0 Å². The van der Waals surface area contributed by atoms with Crippen LogP contribution in [0.15, 0.2) is 0 Å². The maximum absolute atomic E-state index is 5.79. The minimum absolute atomic E-state index is 0.621. The second kappa shape index (κ2) is 9.73. The normalized spacial score (nSPS) is 19.3. The molecule has 0 spiro atoms. The van der Waals surface area contributed by atoms with Crippen molar-refractivity contribution in [2.75, 3.05) is 33.2 Å². The summed E-state index contributed by atoms with van der Waals surface area (Å²) in [5.74, 6) is 1.30. The summed E-state index contributed by atoms with van der Waals surface area (Å²) in [4.78, 5) is 2.57. The van der Waals surface area contributed by atoms with Crippen LogP contribution in [-0.4, -0.2) is 44.2 Å². The molecule has 1 aliphatic rings. The largest absolute Gasteiger partial charge is 0.330 e. The summed E-state index contributed by atoms with van der Waals surface area (Å²) in [6.45, 7) is 8.74. The lowest BCUT2D eigenvalue weighted by Gasteiger charge is -2.31. The molecule has 0 aliphatic heterocycles. The maximum Gasteiger partial charge on any atom is 0.00922 e. The first-order chi connectivity index (χ1) is 9.15. The van der Waals surface area contributed by atoms with Crippen molar-refractivity contribution >= 4 is 0 Å². The molecule has 19 heavy (non-hydrogen) atoms. The van der Waals surface area contributed by atoms with Gasteiger partial charge in [0.1, 0.15) is 0 Å². The van der Waals surface area contributed by atoms with Crippen molar-refractivity contribution in [1.82, 2.24) is 10.2 Å². The van der Waals surface area contributed by atoms with Crippen molar-refractivity contribution in [1.29, 1.82) is 0 Å². The third-order valence-electron chi connectivity index (χ3n) is 4.71. The molecule has 0 heterocycles. The molecular formula is C16H35N3. The van der Waals surface area contributed by atoms with Gasteiger partial charge in [0.2, 0.25) is 0 Å². The minimum atomic E-state index is 0.621. The molecule has 3 nitrogen and oxygen atoms in total. The third-order valence-corrected chi connectivity index (χ3v) is 4.71. The predicted molar refractivity (Wildman–Crippen MR) is 84.4 cm³/mol. The molecule has 3 heteroatoms. The first-order valence-corrected chi connectivity index (χ1v) is 8.26. The molecule has 1 aliphatic carbocycles. The highest BCUT2D eigenvalue weighted by Gasteiger charge is 2.17. The first-order valence-electron chi connectivity index (χ1n) is 8.26.